The second kappa shape index (κ2) is 10.5. The van der Waals surface area contributed by atoms with Crippen LogP contribution in [0.5, 0.6) is 17.2 Å². The predicted molar refractivity (Wildman–Crippen MR) is 135 cm³/mol. The maximum atomic E-state index is 6.02. The molecule has 1 aromatic heterocycles. The van der Waals surface area contributed by atoms with Gasteiger partial charge in [0.1, 0.15) is 0 Å². The molecule has 0 bridgehead atoms. The highest BCUT2D eigenvalue weighted by Gasteiger charge is 2.21. The SMILES string of the molecule is COc1cc(-c2nnc(SCc3ccc(Cl)cc3)n2-c2ccc(Br)cc2)cc(OC)c1OC. The lowest BCUT2D eigenvalue weighted by Crippen LogP contribution is -2.01. The molecule has 0 radical (unpaired) electrons. The number of methoxy groups -OCH3 is 3. The van der Waals surface area contributed by atoms with Crippen molar-refractivity contribution in [2.75, 3.05) is 21.3 Å². The van der Waals surface area contributed by atoms with Gasteiger partial charge in [0.25, 0.3) is 0 Å². The van der Waals surface area contributed by atoms with Gasteiger partial charge in [0.2, 0.25) is 5.75 Å². The van der Waals surface area contributed by atoms with Crippen molar-refractivity contribution >= 4 is 39.3 Å². The molecule has 0 aliphatic carbocycles. The number of hydrogen-bond acceptors (Lipinski definition) is 6. The molecule has 0 aliphatic rings. The average Bonchev–Trinajstić information content (AvgIpc) is 3.27. The van der Waals surface area contributed by atoms with E-state index < -0.39 is 0 Å². The number of rotatable bonds is 8. The first-order valence-electron chi connectivity index (χ1n) is 9.93. The van der Waals surface area contributed by atoms with Gasteiger partial charge in [-0.2, -0.15) is 0 Å². The molecule has 0 atom stereocenters. The number of nitrogens with zero attached hydrogens (tertiary/aromatic N) is 3. The minimum Gasteiger partial charge on any atom is -0.493 e. The highest BCUT2D eigenvalue weighted by atomic mass is 79.9. The summed E-state index contributed by atoms with van der Waals surface area (Å²) in [6, 6.07) is 19.5. The summed E-state index contributed by atoms with van der Waals surface area (Å²) in [5.41, 5.74) is 2.87. The third kappa shape index (κ3) is 5.13. The number of halogens is 2. The van der Waals surface area contributed by atoms with Crippen molar-refractivity contribution in [2.24, 2.45) is 0 Å². The predicted octanol–water partition coefficient (Wildman–Crippen LogP) is 6.67. The number of aromatic nitrogens is 3. The monoisotopic (exact) mass is 545 g/mol. The van der Waals surface area contributed by atoms with Gasteiger partial charge in [-0.3, -0.25) is 4.57 Å². The highest BCUT2D eigenvalue weighted by molar-refractivity contribution is 9.10. The zero-order valence-corrected chi connectivity index (χ0v) is 21.4. The summed E-state index contributed by atoms with van der Waals surface area (Å²) in [6.45, 7) is 0. The lowest BCUT2D eigenvalue weighted by Gasteiger charge is -2.15. The molecule has 3 aromatic carbocycles. The molecule has 9 heteroatoms. The van der Waals surface area contributed by atoms with Crippen molar-refractivity contribution in [1.82, 2.24) is 14.8 Å². The molecule has 1 heterocycles. The van der Waals surface area contributed by atoms with Gasteiger partial charge in [-0.25, -0.2) is 0 Å². The summed E-state index contributed by atoms with van der Waals surface area (Å²) in [6.07, 6.45) is 0. The van der Waals surface area contributed by atoms with Gasteiger partial charge in [-0.05, 0) is 54.1 Å². The van der Waals surface area contributed by atoms with E-state index in [1.165, 1.54) is 0 Å². The minimum atomic E-state index is 0.524. The van der Waals surface area contributed by atoms with Gasteiger partial charge in [-0.15, -0.1) is 10.2 Å². The molecular weight excluding hydrogens is 526 g/mol. The van der Waals surface area contributed by atoms with Crippen molar-refractivity contribution in [3.63, 3.8) is 0 Å². The summed E-state index contributed by atoms with van der Waals surface area (Å²) in [5.74, 6) is 3.01. The molecular formula is C24H21BrClN3O3S. The molecule has 0 N–H and O–H groups in total. The number of ether oxygens (including phenoxy) is 3. The van der Waals surface area contributed by atoms with Crippen LogP contribution in [0.2, 0.25) is 5.02 Å². The van der Waals surface area contributed by atoms with Crippen LogP contribution in [0, 0.1) is 0 Å². The zero-order valence-electron chi connectivity index (χ0n) is 18.2. The third-order valence-corrected chi connectivity index (χ3v) is 6.70. The van der Waals surface area contributed by atoms with Crippen LogP contribution in [0.15, 0.2) is 70.3 Å². The Kier molecular flexibility index (Phi) is 7.47. The second-order valence-corrected chi connectivity index (χ2v) is 9.24. The Morgan fingerprint density at radius 2 is 1.52 bits per heavy atom. The zero-order chi connectivity index (χ0) is 23.4. The average molecular weight is 547 g/mol. The molecule has 0 aliphatic heterocycles. The first-order chi connectivity index (χ1) is 16.0. The Balaban J connectivity index is 1.80. The first kappa shape index (κ1) is 23.5. The molecule has 0 amide bonds. The number of hydrogen-bond donors (Lipinski definition) is 0. The number of thioether (sulfide) groups is 1. The summed E-state index contributed by atoms with van der Waals surface area (Å²) in [5, 5.41) is 10.5. The lowest BCUT2D eigenvalue weighted by molar-refractivity contribution is 0.324. The normalized spacial score (nSPS) is 10.8. The van der Waals surface area contributed by atoms with Gasteiger partial charge in [0, 0.05) is 26.5 Å². The maximum Gasteiger partial charge on any atom is 0.203 e. The fourth-order valence-corrected chi connectivity index (χ4v) is 4.61. The van der Waals surface area contributed by atoms with Crippen molar-refractivity contribution in [3.05, 3.63) is 75.7 Å². The van der Waals surface area contributed by atoms with Gasteiger partial charge < -0.3 is 14.2 Å². The van der Waals surface area contributed by atoms with Gasteiger partial charge >= 0.3 is 0 Å². The van der Waals surface area contributed by atoms with Crippen LogP contribution in [-0.4, -0.2) is 36.1 Å². The smallest absolute Gasteiger partial charge is 0.203 e. The van der Waals surface area contributed by atoms with Crippen LogP contribution in [0.4, 0.5) is 0 Å². The fourth-order valence-electron chi connectivity index (χ4n) is 3.31. The van der Waals surface area contributed by atoms with E-state index in [2.05, 4.69) is 26.1 Å². The van der Waals surface area contributed by atoms with E-state index in [0.29, 0.717) is 28.1 Å². The third-order valence-electron chi connectivity index (χ3n) is 4.92. The molecule has 33 heavy (non-hydrogen) atoms. The summed E-state index contributed by atoms with van der Waals surface area (Å²) in [4.78, 5) is 0. The maximum absolute atomic E-state index is 6.02. The van der Waals surface area contributed by atoms with Gasteiger partial charge in [0.15, 0.2) is 22.5 Å². The first-order valence-corrected chi connectivity index (χ1v) is 12.1. The van der Waals surface area contributed by atoms with E-state index in [4.69, 9.17) is 25.8 Å². The molecule has 0 saturated carbocycles. The van der Waals surface area contributed by atoms with E-state index in [1.807, 2.05) is 65.2 Å². The van der Waals surface area contributed by atoms with Crippen molar-refractivity contribution < 1.29 is 14.2 Å². The molecule has 0 unspecified atom stereocenters. The van der Waals surface area contributed by atoms with Crippen LogP contribution >= 0.6 is 39.3 Å². The molecule has 170 valence electrons. The van der Waals surface area contributed by atoms with E-state index >= 15 is 0 Å². The van der Waals surface area contributed by atoms with Crippen LogP contribution in [0.25, 0.3) is 17.1 Å². The van der Waals surface area contributed by atoms with Crippen LogP contribution in [0.1, 0.15) is 5.56 Å². The molecule has 0 saturated heterocycles. The van der Waals surface area contributed by atoms with E-state index in [0.717, 1.165) is 32.2 Å². The Labute approximate surface area is 210 Å². The van der Waals surface area contributed by atoms with E-state index in [9.17, 15) is 0 Å². The topological polar surface area (TPSA) is 58.4 Å². The fraction of sp³-hybridized carbons (Fsp3) is 0.167. The van der Waals surface area contributed by atoms with Crippen molar-refractivity contribution in [2.45, 2.75) is 10.9 Å². The van der Waals surface area contributed by atoms with Crippen molar-refractivity contribution in [3.8, 4) is 34.3 Å². The Morgan fingerprint density at radius 1 is 0.879 bits per heavy atom. The Morgan fingerprint density at radius 3 is 2.09 bits per heavy atom. The molecule has 0 fully saturated rings. The summed E-state index contributed by atoms with van der Waals surface area (Å²) < 4.78 is 19.6. The summed E-state index contributed by atoms with van der Waals surface area (Å²) in [7, 11) is 4.76. The van der Waals surface area contributed by atoms with E-state index in [1.54, 1.807) is 33.1 Å². The lowest BCUT2D eigenvalue weighted by atomic mass is 10.1. The highest BCUT2D eigenvalue weighted by Crippen LogP contribution is 2.42. The second-order valence-electron chi connectivity index (χ2n) is 6.95. The summed E-state index contributed by atoms with van der Waals surface area (Å²) >= 11 is 11.1. The largest absolute Gasteiger partial charge is 0.493 e. The van der Waals surface area contributed by atoms with Gasteiger partial charge in [0.05, 0.1) is 21.3 Å². The minimum absolute atomic E-state index is 0.524. The van der Waals surface area contributed by atoms with Gasteiger partial charge in [-0.1, -0.05) is 51.4 Å². The molecule has 6 nitrogen and oxygen atoms in total. The molecule has 0 spiro atoms. The molecule has 4 rings (SSSR count). The Bertz CT molecular complexity index is 1220. The van der Waals surface area contributed by atoms with Crippen LogP contribution < -0.4 is 14.2 Å². The standard InChI is InChI=1S/C24H21BrClN3O3S/c1-30-20-12-16(13-21(31-2)22(20)32-3)23-27-28-24(29(23)19-10-6-17(25)7-11-19)33-14-15-4-8-18(26)9-5-15/h4-13H,14H2,1-3H3. The van der Waals surface area contributed by atoms with Crippen molar-refractivity contribution in [1.29, 1.82) is 0 Å². The van der Waals surface area contributed by atoms with Crippen LogP contribution in [-0.2, 0) is 5.75 Å². The van der Waals surface area contributed by atoms with E-state index in [-0.39, 0.29) is 0 Å². The number of benzene rings is 3. The quantitative estimate of drug-likeness (QED) is 0.230. The Hall–Kier alpha value is -2.68. The van der Waals surface area contributed by atoms with Crippen LogP contribution in [0.3, 0.4) is 0 Å². The molecule has 4 aromatic rings.